The number of rotatable bonds is 2. The van der Waals surface area contributed by atoms with E-state index >= 15 is 0 Å². The van der Waals surface area contributed by atoms with Gasteiger partial charge >= 0.3 is 0 Å². The molecular weight excluding hydrogens is 438 g/mol. The van der Waals surface area contributed by atoms with E-state index in [-0.39, 0.29) is 0 Å². The van der Waals surface area contributed by atoms with Gasteiger partial charge in [-0.2, -0.15) is 0 Å². The van der Waals surface area contributed by atoms with Gasteiger partial charge in [-0.1, -0.05) is 60.7 Å². The predicted molar refractivity (Wildman–Crippen MR) is 155 cm³/mol. The molecule has 0 radical (unpaired) electrons. The molecule has 0 bridgehead atoms. The molecule has 0 unspecified atom stereocenters. The van der Waals surface area contributed by atoms with E-state index in [1.165, 1.54) is 54.8 Å². The third kappa shape index (κ3) is 3.06. The standard InChI is InChI=1S/C33H25N3/c1-36-31-5-3-2-4-29(31)30-19-24(10-15-32(30)36)33-27(13-9-23-18-26(35)12-14-28(23)33)22-7-6-21-17-25(34)11-8-20(21)16-22/h2-19H,34-35H2,1H3. The first kappa shape index (κ1) is 20.6. The molecule has 0 saturated carbocycles. The van der Waals surface area contributed by atoms with Crippen LogP contribution in [0.5, 0.6) is 0 Å². The molecule has 0 spiro atoms. The maximum atomic E-state index is 6.16. The smallest absolute Gasteiger partial charge is 0.0489 e. The van der Waals surface area contributed by atoms with Crippen LogP contribution in [0, 0.1) is 0 Å². The summed E-state index contributed by atoms with van der Waals surface area (Å²) >= 11 is 0. The van der Waals surface area contributed by atoms with Crippen molar-refractivity contribution in [3.63, 3.8) is 0 Å². The van der Waals surface area contributed by atoms with Gasteiger partial charge in [0.2, 0.25) is 0 Å². The van der Waals surface area contributed by atoms with Gasteiger partial charge in [0.15, 0.2) is 0 Å². The Morgan fingerprint density at radius 1 is 0.500 bits per heavy atom. The summed E-state index contributed by atoms with van der Waals surface area (Å²) in [5.74, 6) is 0. The molecule has 7 aromatic rings. The molecule has 7 rings (SSSR count). The highest BCUT2D eigenvalue weighted by atomic mass is 14.9. The highest BCUT2D eigenvalue weighted by Crippen LogP contribution is 2.41. The van der Waals surface area contributed by atoms with Crippen LogP contribution in [0.15, 0.2) is 109 Å². The molecule has 172 valence electrons. The number of nitrogens with two attached hydrogens (primary N) is 2. The Morgan fingerprint density at radius 2 is 1.17 bits per heavy atom. The Labute approximate surface area is 209 Å². The van der Waals surface area contributed by atoms with Crippen LogP contribution in [0.4, 0.5) is 11.4 Å². The Hall–Kier alpha value is -4.76. The molecule has 0 saturated heterocycles. The molecule has 1 aromatic heterocycles. The highest BCUT2D eigenvalue weighted by Gasteiger charge is 2.15. The summed E-state index contributed by atoms with van der Waals surface area (Å²) < 4.78 is 2.27. The van der Waals surface area contributed by atoms with E-state index in [1.807, 2.05) is 18.2 Å². The molecule has 4 N–H and O–H groups in total. The van der Waals surface area contributed by atoms with Crippen LogP contribution < -0.4 is 11.5 Å². The lowest BCUT2D eigenvalue weighted by Crippen LogP contribution is -1.91. The number of hydrogen-bond acceptors (Lipinski definition) is 2. The number of anilines is 2. The Balaban J connectivity index is 1.55. The van der Waals surface area contributed by atoms with Gasteiger partial charge in [-0.25, -0.2) is 0 Å². The first-order valence-electron chi connectivity index (χ1n) is 12.2. The fourth-order valence-electron chi connectivity index (χ4n) is 5.66. The summed E-state index contributed by atoms with van der Waals surface area (Å²) in [7, 11) is 2.14. The topological polar surface area (TPSA) is 57.0 Å². The second kappa shape index (κ2) is 7.62. The average Bonchev–Trinajstić information content (AvgIpc) is 3.19. The summed E-state index contributed by atoms with van der Waals surface area (Å²) in [4.78, 5) is 0. The Morgan fingerprint density at radius 3 is 2.06 bits per heavy atom. The molecule has 6 aromatic carbocycles. The lowest BCUT2D eigenvalue weighted by atomic mass is 9.88. The van der Waals surface area contributed by atoms with Gasteiger partial charge in [0.25, 0.3) is 0 Å². The molecule has 0 fully saturated rings. The molecule has 0 aliphatic heterocycles. The van der Waals surface area contributed by atoms with Crippen LogP contribution in [0.2, 0.25) is 0 Å². The van der Waals surface area contributed by atoms with Crippen LogP contribution in [-0.4, -0.2) is 4.57 Å². The van der Waals surface area contributed by atoms with Crippen LogP contribution in [0.1, 0.15) is 0 Å². The zero-order valence-electron chi connectivity index (χ0n) is 20.0. The van der Waals surface area contributed by atoms with E-state index in [0.29, 0.717) is 0 Å². The van der Waals surface area contributed by atoms with Crippen molar-refractivity contribution in [2.75, 3.05) is 11.5 Å². The lowest BCUT2D eigenvalue weighted by Gasteiger charge is -2.16. The van der Waals surface area contributed by atoms with Gasteiger partial charge in [0.1, 0.15) is 0 Å². The summed E-state index contributed by atoms with van der Waals surface area (Å²) in [6.07, 6.45) is 0. The molecular formula is C33H25N3. The summed E-state index contributed by atoms with van der Waals surface area (Å²) in [6.45, 7) is 0. The van der Waals surface area contributed by atoms with Crippen LogP contribution in [0.3, 0.4) is 0 Å². The van der Waals surface area contributed by atoms with Crippen molar-refractivity contribution >= 4 is 54.7 Å². The van der Waals surface area contributed by atoms with E-state index in [9.17, 15) is 0 Å². The maximum Gasteiger partial charge on any atom is 0.0489 e. The second-order valence-electron chi connectivity index (χ2n) is 9.60. The average molecular weight is 464 g/mol. The van der Waals surface area contributed by atoms with Crippen molar-refractivity contribution in [2.45, 2.75) is 0 Å². The summed E-state index contributed by atoms with van der Waals surface area (Å²) in [5, 5.41) is 7.18. The van der Waals surface area contributed by atoms with E-state index in [0.717, 1.165) is 22.1 Å². The highest BCUT2D eigenvalue weighted by molar-refractivity contribution is 6.12. The monoisotopic (exact) mass is 463 g/mol. The van der Waals surface area contributed by atoms with Gasteiger partial charge in [-0.15, -0.1) is 0 Å². The number of fused-ring (bicyclic) bond motifs is 5. The second-order valence-corrected chi connectivity index (χ2v) is 9.60. The Kier molecular flexibility index (Phi) is 4.36. The third-order valence-electron chi connectivity index (χ3n) is 7.42. The number of aromatic nitrogens is 1. The first-order valence-corrected chi connectivity index (χ1v) is 12.2. The minimum Gasteiger partial charge on any atom is -0.399 e. The van der Waals surface area contributed by atoms with Gasteiger partial charge in [-0.3, -0.25) is 0 Å². The van der Waals surface area contributed by atoms with E-state index in [4.69, 9.17) is 11.5 Å². The van der Waals surface area contributed by atoms with E-state index in [2.05, 4.69) is 103 Å². The molecule has 0 aliphatic rings. The molecule has 1 heterocycles. The van der Waals surface area contributed by atoms with Crippen molar-refractivity contribution in [2.24, 2.45) is 7.05 Å². The third-order valence-corrected chi connectivity index (χ3v) is 7.42. The minimum atomic E-state index is 0.772. The fraction of sp³-hybridized carbons (Fsp3) is 0.0303. The van der Waals surface area contributed by atoms with Crippen molar-refractivity contribution in [1.82, 2.24) is 4.57 Å². The normalized spacial score (nSPS) is 11.7. The molecule has 3 heteroatoms. The van der Waals surface area contributed by atoms with Crippen molar-refractivity contribution in [1.29, 1.82) is 0 Å². The predicted octanol–water partition coefficient (Wildman–Crippen LogP) is 8.14. The summed E-state index contributed by atoms with van der Waals surface area (Å²) in [6, 6.07) is 38.7. The van der Waals surface area contributed by atoms with Crippen molar-refractivity contribution < 1.29 is 0 Å². The summed E-state index contributed by atoms with van der Waals surface area (Å²) in [5.41, 5.74) is 21.0. The number of nitrogens with zero attached hydrogens (tertiary/aromatic N) is 1. The van der Waals surface area contributed by atoms with Crippen molar-refractivity contribution in [3.05, 3.63) is 109 Å². The molecule has 36 heavy (non-hydrogen) atoms. The number of nitrogen functional groups attached to an aromatic ring is 2. The van der Waals surface area contributed by atoms with Crippen LogP contribution in [-0.2, 0) is 7.05 Å². The first-order chi connectivity index (χ1) is 17.6. The minimum absolute atomic E-state index is 0.772. The zero-order valence-corrected chi connectivity index (χ0v) is 20.0. The Bertz CT molecular complexity index is 1980. The largest absolute Gasteiger partial charge is 0.399 e. The van der Waals surface area contributed by atoms with E-state index < -0.39 is 0 Å². The molecule has 0 aliphatic carbocycles. The number of aryl methyl sites for hydroxylation is 1. The van der Waals surface area contributed by atoms with Gasteiger partial charge < -0.3 is 16.0 Å². The lowest BCUT2D eigenvalue weighted by molar-refractivity contribution is 1.01. The van der Waals surface area contributed by atoms with Crippen LogP contribution in [0.25, 0.3) is 65.6 Å². The SMILES string of the molecule is Cn1c2ccccc2c2cc(-c3c(-c4ccc5cc(N)ccc5c4)ccc4cc(N)ccc34)ccc21. The number of benzene rings is 6. The zero-order chi connectivity index (χ0) is 24.4. The van der Waals surface area contributed by atoms with Gasteiger partial charge in [0.05, 0.1) is 0 Å². The number of para-hydroxylation sites is 1. The molecule has 3 nitrogen and oxygen atoms in total. The van der Waals surface area contributed by atoms with E-state index in [1.54, 1.807) is 0 Å². The van der Waals surface area contributed by atoms with Gasteiger partial charge in [-0.05, 0) is 92.3 Å². The van der Waals surface area contributed by atoms with Crippen LogP contribution >= 0.6 is 0 Å². The maximum absolute atomic E-state index is 6.16. The molecule has 0 amide bonds. The molecule has 0 atom stereocenters. The van der Waals surface area contributed by atoms with Gasteiger partial charge in [0, 0.05) is 40.2 Å². The number of hydrogen-bond donors (Lipinski definition) is 2. The van der Waals surface area contributed by atoms with Crippen molar-refractivity contribution in [3.8, 4) is 22.3 Å². The fourth-order valence-corrected chi connectivity index (χ4v) is 5.66. The quantitative estimate of drug-likeness (QED) is 0.254.